The lowest BCUT2D eigenvalue weighted by Crippen LogP contribution is -2.38. The summed E-state index contributed by atoms with van der Waals surface area (Å²) in [5.74, 6) is 0. The Hall–Kier alpha value is -1.44. The number of aromatic nitrogens is 2. The average Bonchev–Trinajstić information content (AvgIpc) is 2.67. The van der Waals surface area contributed by atoms with Gasteiger partial charge in [-0.05, 0) is 6.07 Å². The molecule has 1 aromatic rings. The number of hydrogen-bond donors (Lipinski definition) is 3. The molecule has 7 nitrogen and oxygen atoms in total. The van der Waals surface area contributed by atoms with Crippen LogP contribution in [0.2, 0.25) is 0 Å². The quantitative estimate of drug-likeness (QED) is 0.575. The summed E-state index contributed by atoms with van der Waals surface area (Å²) in [6.45, 7) is -0.283. The first-order valence-electron chi connectivity index (χ1n) is 5.31. The second-order valence-electron chi connectivity index (χ2n) is 4.06. The number of rotatable bonds is 2. The highest BCUT2D eigenvalue weighted by Crippen LogP contribution is 2.26. The highest BCUT2D eigenvalue weighted by molar-refractivity contribution is 4.88. The second kappa shape index (κ2) is 4.44. The average molecular weight is 241 g/mol. The Bertz CT molecular complexity index is 521. The van der Waals surface area contributed by atoms with Crippen LogP contribution in [0.25, 0.3) is 0 Å². The van der Waals surface area contributed by atoms with E-state index in [-0.39, 0.29) is 24.2 Å². The fourth-order valence-electron chi connectivity index (χ4n) is 1.87. The molecule has 94 valence electrons. The fraction of sp³-hybridized carbons (Fsp3) is 0.600. The largest absolute Gasteiger partial charge is 0.394 e. The van der Waals surface area contributed by atoms with E-state index in [9.17, 15) is 9.90 Å². The Morgan fingerprint density at radius 1 is 1.65 bits per heavy atom. The number of hydrogen-bond acceptors (Lipinski definition) is 5. The topological polar surface area (TPSA) is 100 Å². The number of aliphatic hydroxyl groups excluding tert-OH is 2. The van der Waals surface area contributed by atoms with Crippen LogP contribution in [-0.2, 0) is 11.8 Å². The summed E-state index contributed by atoms with van der Waals surface area (Å²) in [7, 11) is 1.50. The van der Waals surface area contributed by atoms with Gasteiger partial charge in [0.2, 0.25) is 0 Å². The lowest BCUT2D eigenvalue weighted by molar-refractivity contribution is -0.0462. The minimum Gasteiger partial charge on any atom is -0.394 e. The molecule has 0 amide bonds. The highest BCUT2D eigenvalue weighted by Gasteiger charge is 2.34. The van der Waals surface area contributed by atoms with Gasteiger partial charge in [0.1, 0.15) is 17.8 Å². The van der Waals surface area contributed by atoms with Crippen LogP contribution in [0, 0.1) is 5.41 Å². The summed E-state index contributed by atoms with van der Waals surface area (Å²) < 4.78 is 7.87. The Morgan fingerprint density at radius 2 is 2.35 bits per heavy atom. The van der Waals surface area contributed by atoms with E-state index in [0.29, 0.717) is 0 Å². The normalized spacial score (nSPS) is 28.5. The fourth-order valence-corrected chi connectivity index (χ4v) is 1.87. The second-order valence-corrected chi connectivity index (χ2v) is 4.06. The predicted octanol–water partition coefficient (Wildman–Crippen LogP) is -1.69. The highest BCUT2D eigenvalue weighted by atomic mass is 16.5. The maximum absolute atomic E-state index is 11.9. The van der Waals surface area contributed by atoms with E-state index in [1.807, 2.05) is 0 Å². The molecule has 0 saturated carbocycles. The van der Waals surface area contributed by atoms with Gasteiger partial charge in [0, 0.05) is 19.7 Å². The molecule has 3 atom stereocenters. The monoisotopic (exact) mass is 241 g/mol. The molecule has 0 aliphatic carbocycles. The molecule has 1 aliphatic rings. The summed E-state index contributed by atoms with van der Waals surface area (Å²) in [6, 6.07) is 1.48. The van der Waals surface area contributed by atoms with E-state index < -0.39 is 18.4 Å². The van der Waals surface area contributed by atoms with Crippen LogP contribution in [-0.4, -0.2) is 38.2 Å². The molecular formula is C10H15N3O4. The molecule has 3 N–H and O–H groups in total. The summed E-state index contributed by atoms with van der Waals surface area (Å²) in [6.07, 6.45) is -0.322. The van der Waals surface area contributed by atoms with Gasteiger partial charge in [-0.3, -0.25) is 14.5 Å². The zero-order valence-electron chi connectivity index (χ0n) is 9.41. The van der Waals surface area contributed by atoms with Crippen LogP contribution in [0.4, 0.5) is 0 Å². The van der Waals surface area contributed by atoms with Crippen LogP contribution in [0.5, 0.6) is 0 Å². The molecule has 17 heavy (non-hydrogen) atoms. The zero-order chi connectivity index (χ0) is 12.6. The van der Waals surface area contributed by atoms with Crippen molar-refractivity contribution in [2.45, 2.75) is 24.9 Å². The van der Waals surface area contributed by atoms with Crippen molar-refractivity contribution in [2.24, 2.45) is 7.05 Å². The zero-order valence-corrected chi connectivity index (χ0v) is 9.41. The van der Waals surface area contributed by atoms with Crippen molar-refractivity contribution < 1.29 is 14.9 Å². The third-order valence-corrected chi connectivity index (χ3v) is 2.96. The summed E-state index contributed by atoms with van der Waals surface area (Å²) in [4.78, 5) is 11.9. The van der Waals surface area contributed by atoms with Crippen molar-refractivity contribution >= 4 is 0 Å². The van der Waals surface area contributed by atoms with Gasteiger partial charge < -0.3 is 14.9 Å². The van der Waals surface area contributed by atoms with Gasteiger partial charge in [0.25, 0.3) is 0 Å². The van der Waals surface area contributed by atoms with E-state index in [2.05, 4.69) is 0 Å². The Balaban J connectivity index is 2.34. The standard InChI is InChI=1S/C10H15N3O4/c1-12-8(11)2-3-13(10(12)16)9-4-6(15)7(5-14)17-9/h2-3,6-7,9,11,14-15H,4-5H2,1H3/t6-,7-,9-/m1/s1. The predicted molar refractivity (Wildman–Crippen MR) is 57.1 cm³/mol. The van der Waals surface area contributed by atoms with Crippen molar-refractivity contribution in [1.29, 1.82) is 5.41 Å². The minimum absolute atomic E-state index is 0.100. The van der Waals surface area contributed by atoms with Crippen molar-refractivity contribution in [3.8, 4) is 0 Å². The van der Waals surface area contributed by atoms with Crippen LogP contribution in [0.3, 0.4) is 0 Å². The molecule has 0 spiro atoms. The van der Waals surface area contributed by atoms with Crippen molar-refractivity contribution in [1.82, 2.24) is 9.13 Å². The molecule has 0 radical (unpaired) electrons. The van der Waals surface area contributed by atoms with Gasteiger partial charge in [0.15, 0.2) is 0 Å². The molecule has 2 heterocycles. The van der Waals surface area contributed by atoms with Gasteiger partial charge in [0.05, 0.1) is 12.7 Å². The van der Waals surface area contributed by atoms with Gasteiger partial charge in [-0.25, -0.2) is 4.79 Å². The van der Waals surface area contributed by atoms with E-state index in [1.165, 1.54) is 28.4 Å². The molecule has 0 bridgehead atoms. The van der Waals surface area contributed by atoms with Gasteiger partial charge in [-0.1, -0.05) is 0 Å². The van der Waals surface area contributed by atoms with E-state index in [1.54, 1.807) is 0 Å². The number of nitrogens with zero attached hydrogens (tertiary/aromatic N) is 2. The van der Waals surface area contributed by atoms with Crippen molar-refractivity contribution in [3.63, 3.8) is 0 Å². The third-order valence-electron chi connectivity index (χ3n) is 2.96. The lowest BCUT2D eigenvalue weighted by Gasteiger charge is -2.15. The molecular weight excluding hydrogens is 226 g/mol. The first kappa shape index (κ1) is 12.0. The van der Waals surface area contributed by atoms with E-state index in [0.717, 1.165) is 0 Å². The van der Waals surface area contributed by atoms with Crippen LogP contribution in [0.15, 0.2) is 17.1 Å². The molecule has 1 aliphatic heterocycles. The molecule has 1 saturated heterocycles. The molecule has 2 rings (SSSR count). The van der Waals surface area contributed by atoms with Crippen molar-refractivity contribution in [2.75, 3.05) is 6.61 Å². The Morgan fingerprint density at radius 3 is 2.94 bits per heavy atom. The van der Waals surface area contributed by atoms with Crippen LogP contribution >= 0.6 is 0 Å². The summed E-state index contributed by atoms with van der Waals surface area (Å²) in [5.41, 5.74) is -0.281. The molecule has 7 heteroatoms. The smallest absolute Gasteiger partial charge is 0.331 e. The first-order chi connectivity index (χ1) is 8.04. The number of aliphatic hydroxyl groups is 2. The third kappa shape index (κ3) is 2.04. The van der Waals surface area contributed by atoms with Crippen LogP contribution in [0.1, 0.15) is 12.6 Å². The molecule has 1 aromatic heterocycles. The minimum atomic E-state index is -0.780. The molecule has 1 fully saturated rings. The van der Waals surface area contributed by atoms with E-state index in [4.69, 9.17) is 15.3 Å². The van der Waals surface area contributed by atoms with Gasteiger partial charge >= 0.3 is 5.69 Å². The number of nitrogens with one attached hydrogen (secondary N) is 1. The maximum atomic E-state index is 11.9. The SMILES string of the molecule is Cn1c(=N)ccn([C@H]2C[C@@H](O)[C@@H](CO)O2)c1=O. The Kier molecular flexibility index (Phi) is 3.14. The first-order valence-corrected chi connectivity index (χ1v) is 5.31. The maximum Gasteiger partial charge on any atom is 0.331 e. The number of ether oxygens (including phenoxy) is 1. The lowest BCUT2D eigenvalue weighted by atomic mass is 10.2. The summed E-state index contributed by atoms with van der Waals surface area (Å²) >= 11 is 0. The van der Waals surface area contributed by atoms with Gasteiger partial charge in [-0.15, -0.1) is 0 Å². The Labute approximate surface area is 97.0 Å². The van der Waals surface area contributed by atoms with Crippen LogP contribution < -0.4 is 11.2 Å². The summed E-state index contributed by atoms with van der Waals surface area (Å²) in [5, 5.41) is 26.0. The molecule has 0 aromatic carbocycles. The van der Waals surface area contributed by atoms with Gasteiger partial charge in [-0.2, -0.15) is 0 Å². The molecule has 0 unspecified atom stereocenters. The van der Waals surface area contributed by atoms with E-state index >= 15 is 0 Å². The van der Waals surface area contributed by atoms with Crippen molar-refractivity contribution in [3.05, 3.63) is 28.2 Å².